The van der Waals surface area contributed by atoms with E-state index in [0.717, 1.165) is 15.8 Å². The predicted molar refractivity (Wildman–Crippen MR) is 124 cm³/mol. The van der Waals surface area contributed by atoms with Crippen LogP contribution in [0.1, 0.15) is 25.3 Å². The molecule has 0 N–H and O–H groups in total. The van der Waals surface area contributed by atoms with E-state index in [-0.39, 0.29) is 11.8 Å². The monoisotopic (exact) mass is 477 g/mol. The number of thiazole rings is 1. The third-order valence-electron chi connectivity index (χ3n) is 5.63. The zero-order valence-electron chi connectivity index (χ0n) is 17.4. The minimum Gasteiger partial charge on any atom is -0.317 e. The summed E-state index contributed by atoms with van der Waals surface area (Å²) in [7, 11) is -3.54. The smallest absolute Gasteiger partial charge is 0.251 e. The van der Waals surface area contributed by atoms with Gasteiger partial charge < -0.3 is 4.57 Å². The van der Waals surface area contributed by atoms with Crippen molar-refractivity contribution >= 4 is 49.1 Å². The van der Waals surface area contributed by atoms with Crippen LogP contribution in [0.25, 0.3) is 10.2 Å². The third-order valence-corrected chi connectivity index (χ3v) is 8.82. The second-order valence-electron chi connectivity index (χ2n) is 7.68. The Morgan fingerprint density at radius 1 is 1.16 bits per heavy atom. The van der Waals surface area contributed by atoms with Crippen molar-refractivity contribution in [1.29, 1.82) is 0 Å². The molecule has 2 heterocycles. The molecule has 31 heavy (non-hydrogen) atoms. The molecule has 6 nitrogen and oxygen atoms in total. The van der Waals surface area contributed by atoms with Crippen LogP contribution >= 0.6 is 22.9 Å². The summed E-state index contributed by atoms with van der Waals surface area (Å²) in [6.07, 6.45) is 0.937. The highest BCUT2D eigenvalue weighted by Gasteiger charge is 2.32. The summed E-state index contributed by atoms with van der Waals surface area (Å²) in [5.41, 5.74) is 2.01. The first-order chi connectivity index (χ1) is 14.8. The summed E-state index contributed by atoms with van der Waals surface area (Å²) >= 11 is 7.54. The van der Waals surface area contributed by atoms with Crippen molar-refractivity contribution in [2.24, 2.45) is 10.9 Å². The lowest BCUT2D eigenvalue weighted by molar-refractivity contribution is -0.122. The van der Waals surface area contributed by atoms with E-state index >= 15 is 0 Å². The maximum atomic E-state index is 12.9. The SMILES string of the molecule is CCn1c(=NC(=O)C2CCN(S(=O)(=O)c3ccc(C)cc3)CC2)sc2cc(Cl)ccc21. The van der Waals surface area contributed by atoms with Gasteiger partial charge in [0.1, 0.15) is 0 Å². The molecule has 0 spiro atoms. The van der Waals surface area contributed by atoms with E-state index in [1.807, 2.05) is 36.6 Å². The van der Waals surface area contributed by atoms with Crippen molar-refractivity contribution in [3.63, 3.8) is 0 Å². The molecule has 4 rings (SSSR count). The average molecular weight is 478 g/mol. The highest BCUT2D eigenvalue weighted by atomic mass is 35.5. The summed E-state index contributed by atoms with van der Waals surface area (Å²) in [5.74, 6) is -0.462. The van der Waals surface area contributed by atoms with Crippen LogP contribution in [0, 0.1) is 12.8 Å². The Bertz CT molecular complexity index is 1290. The second-order valence-corrected chi connectivity index (χ2v) is 11.1. The summed E-state index contributed by atoms with van der Waals surface area (Å²) in [4.78, 5) is 18.2. The van der Waals surface area contributed by atoms with Gasteiger partial charge in [-0.15, -0.1) is 0 Å². The maximum Gasteiger partial charge on any atom is 0.251 e. The Morgan fingerprint density at radius 2 is 1.84 bits per heavy atom. The molecule has 0 bridgehead atoms. The topological polar surface area (TPSA) is 71.7 Å². The largest absolute Gasteiger partial charge is 0.317 e. The molecule has 2 aromatic carbocycles. The molecule has 164 valence electrons. The van der Waals surface area contributed by atoms with E-state index in [9.17, 15) is 13.2 Å². The van der Waals surface area contributed by atoms with Crippen molar-refractivity contribution in [2.45, 2.75) is 38.1 Å². The van der Waals surface area contributed by atoms with E-state index in [2.05, 4.69) is 4.99 Å². The van der Waals surface area contributed by atoms with Crippen LogP contribution in [-0.2, 0) is 21.4 Å². The molecule has 0 atom stereocenters. The number of halogens is 1. The van der Waals surface area contributed by atoms with E-state index < -0.39 is 10.0 Å². The molecule has 1 aliphatic heterocycles. The highest BCUT2D eigenvalue weighted by Crippen LogP contribution is 2.26. The molecule has 0 aliphatic carbocycles. The first-order valence-electron chi connectivity index (χ1n) is 10.2. The zero-order valence-corrected chi connectivity index (χ0v) is 19.8. The van der Waals surface area contributed by atoms with Gasteiger partial charge in [-0.25, -0.2) is 8.42 Å². The van der Waals surface area contributed by atoms with E-state index in [4.69, 9.17) is 11.6 Å². The fourth-order valence-corrected chi connectivity index (χ4v) is 6.67. The van der Waals surface area contributed by atoms with Gasteiger partial charge >= 0.3 is 0 Å². The van der Waals surface area contributed by atoms with Crippen LogP contribution in [0.4, 0.5) is 0 Å². The molecular formula is C22H24ClN3O3S2. The molecule has 0 saturated carbocycles. The summed E-state index contributed by atoms with van der Waals surface area (Å²) in [5, 5.41) is 0.650. The molecule has 1 fully saturated rings. The summed E-state index contributed by atoms with van der Waals surface area (Å²) < 4.78 is 30.2. The molecule has 1 aliphatic rings. The third kappa shape index (κ3) is 4.48. The number of rotatable bonds is 4. The van der Waals surface area contributed by atoms with E-state index in [1.54, 1.807) is 24.3 Å². The van der Waals surface area contributed by atoms with Gasteiger partial charge in [0, 0.05) is 30.6 Å². The quantitative estimate of drug-likeness (QED) is 0.565. The fraction of sp³-hybridized carbons (Fsp3) is 0.364. The van der Waals surface area contributed by atoms with Gasteiger partial charge in [0.15, 0.2) is 4.80 Å². The number of fused-ring (bicyclic) bond motifs is 1. The Hall–Kier alpha value is -2.00. The van der Waals surface area contributed by atoms with Gasteiger partial charge in [0.25, 0.3) is 5.91 Å². The Labute approximate surface area is 190 Å². The molecule has 0 radical (unpaired) electrons. The zero-order chi connectivity index (χ0) is 22.2. The van der Waals surface area contributed by atoms with Gasteiger partial charge in [0.05, 0.1) is 15.1 Å². The Kier molecular flexibility index (Phi) is 6.35. The van der Waals surface area contributed by atoms with E-state index in [0.29, 0.717) is 47.2 Å². The molecule has 3 aromatic rings. The standard InChI is InChI=1S/C22H24ClN3O3S2/c1-3-26-19-9-6-17(23)14-20(19)30-22(26)24-21(27)16-10-12-25(13-11-16)31(28,29)18-7-4-15(2)5-8-18/h4-9,14,16H,3,10-13H2,1-2H3. The number of carbonyl (C=O) groups is 1. The molecular weight excluding hydrogens is 454 g/mol. The van der Waals surface area contributed by atoms with Crippen molar-refractivity contribution in [2.75, 3.05) is 13.1 Å². The molecule has 1 amide bonds. The van der Waals surface area contributed by atoms with Crippen LogP contribution in [0.3, 0.4) is 0 Å². The number of aromatic nitrogens is 1. The van der Waals surface area contributed by atoms with Crippen LogP contribution < -0.4 is 4.80 Å². The Morgan fingerprint density at radius 3 is 2.48 bits per heavy atom. The number of nitrogens with zero attached hydrogens (tertiary/aromatic N) is 3. The number of benzene rings is 2. The lowest BCUT2D eigenvalue weighted by Crippen LogP contribution is -2.40. The number of aryl methyl sites for hydroxylation is 2. The first-order valence-corrected chi connectivity index (χ1v) is 12.9. The van der Waals surface area contributed by atoms with Crippen LogP contribution in [0.2, 0.25) is 5.02 Å². The first kappa shape index (κ1) is 22.2. The number of sulfonamides is 1. The fourth-order valence-electron chi connectivity index (χ4n) is 3.83. The lowest BCUT2D eigenvalue weighted by atomic mass is 9.98. The maximum absolute atomic E-state index is 12.9. The highest BCUT2D eigenvalue weighted by molar-refractivity contribution is 7.89. The minimum absolute atomic E-state index is 0.188. The molecule has 1 saturated heterocycles. The van der Waals surface area contributed by atoms with Crippen LogP contribution in [-0.4, -0.2) is 36.3 Å². The van der Waals surface area contributed by atoms with Crippen molar-refractivity contribution in [3.8, 4) is 0 Å². The lowest BCUT2D eigenvalue weighted by Gasteiger charge is -2.29. The molecule has 0 unspecified atom stereocenters. The van der Waals surface area contributed by atoms with Crippen molar-refractivity contribution in [1.82, 2.24) is 8.87 Å². The van der Waals surface area contributed by atoms with Gasteiger partial charge in [0.2, 0.25) is 10.0 Å². The van der Waals surface area contributed by atoms with Gasteiger partial charge in [-0.1, -0.05) is 40.6 Å². The average Bonchev–Trinajstić information content (AvgIpc) is 3.09. The van der Waals surface area contributed by atoms with Gasteiger partial charge in [-0.3, -0.25) is 4.79 Å². The van der Waals surface area contributed by atoms with Crippen LogP contribution in [0.15, 0.2) is 52.4 Å². The number of carbonyl (C=O) groups excluding carboxylic acids is 1. The summed E-state index contributed by atoms with van der Waals surface area (Å²) in [6.45, 7) is 5.26. The van der Waals surface area contributed by atoms with Gasteiger partial charge in [-0.05, 0) is 57.0 Å². The normalized spacial score (nSPS) is 16.8. The second kappa shape index (κ2) is 8.86. The van der Waals surface area contributed by atoms with Crippen molar-refractivity contribution < 1.29 is 13.2 Å². The summed E-state index contributed by atoms with van der Waals surface area (Å²) in [6, 6.07) is 12.5. The Balaban J connectivity index is 1.51. The number of piperidine rings is 1. The predicted octanol–water partition coefficient (Wildman–Crippen LogP) is 4.21. The van der Waals surface area contributed by atoms with E-state index in [1.165, 1.54) is 15.6 Å². The number of hydrogen-bond acceptors (Lipinski definition) is 4. The molecule has 9 heteroatoms. The minimum atomic E-state index is -3.54. The van der Waals surface area contributed by atoms with Crippen molar-refractivity contribution in [3.05, 3.63) is 57.9 Å². The number of hydrogen-bond donors (Lipinski definition) is 0. The number of amides is 1. The van der Waals surface area contributed by atoms with Crippen LogP contribution in [0.5, 0.6) is 0 Å². The van der Waals surface area contributed by atoms with Gasteiger partial charge in [-0.2, -0.15) is 9.30 Å². The molecule has 1 aromatic heterocycles.